The van der Waals surface area contributed by atoms with Gasteiger partial charge in [0.15, 0.2) is 0 Å². The van der Waals surface area contributed by atoms with Crippen LogP contribution in [0.2, 0.25) is 0 Å². The van der Waals surface area contributed by atoms with Crippen molar-refractivity contribution in [3.63, 3.8) is 0 Å². The van der Waals surface area contributed by atoms with Crippen molar-refractivity contribution in [3.05, 3.63) is 84.7 Å². The first-order chi connectivity index (χ1) is 29.3. The average molecular weight is 817 g/mol. The number of nitrogens with zero attached hydrogens (tertiary/aromatic N) is 4. The molecular weight excluding hydrogens is 761 g/mol. The molecule has 2 aliphatic carbocycles. The van der Waals surface area contributed by atoms with E-state index >= 15 is 0 Å². The molecule has 316 valence electrons. The lowest BCUT2D eigenvalue weighted by Gasteiger charge is -2.34. The summed E-state index contributed by atoms with van der Waals surface area (Å²) in [6, 6.07) is 14.8. The molecular formula is C46H56N8O6. The molecule has 60 heavy (non-hydrogen) atoms. The van der Waals surface area contributed by atoms with Crippen molar-refractivity contribution in [2.45, 2.75) is 101 Å². The monoisotopic (exact) mass is 816 g/mol. The van der Waals surface area contributed by atoms with Gasteiger partial charge in [0.25, 0.3) is 0 Å². The van der Waals surface area contributed by atoms with Crippen molar-refractivity contribution in [2.75, 3.05) is 27.3 Å². The molecule has 2 aromatic carbocycles. The first-order valence-electron chi connectivity index (χ1n) is 21.6. The third-order valence-electron chi connectivity index (χ3n) is 13.0. The zero-order chi connectivity index (χ0) is 41.6. The quantitative estimate of drug-likeness (QED) is 0.111. The van der Waals surface area contributed by atoms with Crippen LogP contribution >= 0.6 is 0 Å². The van der Waals surface area contributed by atoms with Crippen molar-refractivity contribution in [3.8, 4) is 33.6 Å². The Morgan fingerprint density at radius 2 is 1.08 bits per heavy atom. The number of rotatable bonds is 11. The van der Waals surface area contributed by atoms with Crippen molar-refractivity contribution in [1.82, 2.24) is 40.4 Å². The summed E-state index contributed by atoms with van der Waals surface area (Å²) in [7, 11) is 2.65. The Hall–Kier alpha value is -5.92. The largest absolute Gasteiger partial charge is 0.453 e. The highest BCUT2D eigenvalue weighted by molar-refractivity contribution is 5.87. The lowest BCUT2D eigenvalue weighted by molar-refractivity contribution is -0.136. The molecule has 4 N–H and O–H groups in total. The molecule has 4 amide bonds. The van der Waals surface area contributed by atoms with E-state index < -0.39 is 24.3 Å². The molecule has 3 fully saturated rings. The fourth-order valence-corrected chi connectivity index (χ4v) is 9.70. The number of amides is 4. The predicted molar refractivity (Wildman–Crippen MR) is 226 cm³/mol. The molecule has 4 aromatic rings. The van der Waals surface area contributed by atoms with Crippen LogP contribution in [-0.4, -0.2) is 93.1 Å². The van der Waals surface area contributed by atoms with Crippen molar-refractivity contribution < 1.29 is 28.7 Å². The first-order valence-corrected chi connectivity index (χ1v) is 21.6. The number of H-pyrrole nitrogens is 2. The highest BCUT2D eigenvalue weighted by Gasteiger charge is 2.41. The molecule has 4 aliphatic rings. The molecule has 4 atom stereocenters. The normalized spacial score (nSPS) is 20.8. The summed E-state index contributed by atoms with van der Waals surface area (Å²) in [6.45, 7) is 1.07. The number of hydrogen-bond donors (Lipinski definition) is 4. The van der Waals surface area contributed by atoms with E-state index in [-0.39, 0.29) is 35.7 Å². The van der Waals surface area contributed by atoms with Crippen LogP contribution in [0.25, 0.3) is 33.6 Å². The van der Waals surface area contributed by atoms with Gasteiger partial charge in [0.1, 0.15) is 29.8 Å². The van der Waals surface area contributed by atoms with Crippen molar-refractivity contribution in [2.24, 2.45) is 11.8 Å². The van der Waals surface area contributed by atoms with Crippen LogP contribution in [0, 0.1) is 11.8 Å². The average Bonchev–Trinajstić information content (AvgIpc) is 4.15. The second-order valence-corrected chi connectivity index (χ2v) is 16.6. The molecule has 2 saturated carbocycles. The van der Waals surface area contributed by atoms with Crippen LogP contribution in [0.15, 0.2) is 73.1 Å². The third kappa shape index (κ3) is 8.83. The number of carbonyl (C=O) groups is 4. The minimum atomic E-state index is -0.642. The number of ether oxygens (including phenoxy) is 2. The van der Waals surface area contributed by atoms with E-state index in [9.17, 15) is 19.2 Å². The zero-order valence-corrected chi connectivity index (χ0v) is 34.5. The van der Waals surface area contributed by atoms with E-state index in [1.54, 1.807) is 11.1 Å². The summed E-state index contributed by atoms with van der Waals surface area (Å²) in [5, 5.41) is 5.71. The molecule has 14 heteroatoms. The summed E-state index contributed by atoms with van der Waals surface area (Å²) < 4.78 is 9.78. The van der Waals surface area contributed by atoms with E-state index in [0.29, 0.717) is 18.9 Å². The van der Waals surface area contributed by atoms with E-state index in [2.05, 4.69) is 69.1 Å². The first kappa shape index (κ1) is 40.8. The maximum Gasteiger partial charge on any atom is 0.407 e. The van der Waals surface area contributed by atoms with Gasteiger partial charge in [-0.3, -0.25) is 9.59 Å². The van der Waals surface area contributed by atoms with Crippen molar-refractivity contribution >= 4 is 24.0 Å². The number of methoxy groups -OCH3 is 2. The van der Waals surface area contributed by atoms with Gasteiger partial charge < -0.3 is 39.9 Å². The van der Waals surface area contributed by atoms with Crippen LogP contribution in [0.5, 0.6) is 0 Å². The Balaban J connectivity index is 0.914. The summed E-state index contributed by atoms with van der Waals surface area (Å²) in [6.07, 6.45) is 18.2. The second kappa shape index (κ2) is 18.6. The summed E-state index contributed by atoms with van der Waals surface area (Å²) in [5.41, 5.74) is 5.80. The number of carbonyl (C=O) groups excluding carboxylic acids is 4. The highest BCUT2D eigenvalue weighted by Crippen LogP contribution is 2.36. The Kier molecular flexibility index (Phi) is 12.6. The summed E-state index contributed by atoms with van der Waals surface area (Å²) in [5.74, 6) is 1.41. The van der Waals surface area contributed by atoms with Gasteiger partial charge >= 0.3 is 12.2 Å². The third-order valence-corrected chi connectivity index (χ3v) is 13.0. The van der Waals surface area contributed by atoms with E-state index in [1.165, 1.54) is 14.2 Å². The number of aromatic amines is 2. The van der Waals surface area contributed by atoms with E-state index in [4.69, 9.17) is 19.4 Å². The number of alkyl carbamates (subject to hydrolysis) is 2. The number of hydrogen-bond acceptors (Lipinski definition) is 8. The number of aromatic nitrogens is 4. The maximum absolute atomic E-state index is 14.0. The molecule has 14 nitrogen and oxygen atoms in total. The fraction of sp³-hybridized carbons (Fsp3) is 0.478. The summed E-state index contributed by atoms with van der Waals surface area (Å²) in [4.78, 5) is 72.6. The van der Waals surface area contributed by atoms with Crippen molar-refractivity contribution in [1.29, 1.82) is 0 Å². The molecule has 2 aliphatic heterocycles. The predicted octanol–water partition coefficient (Wildman–Crippen LogP) is 7.85. The highest BCUT2D eigenvalue weighted by atomic mass is 16.5. The van der Waals surface area contributed by atoms with Gasteiger partial charge in [0.05, 0.1) is 44.0 Å². The SMILES string of the molecule is COC(=O)N[C@H](C(=O)N1CC=C[C@H]1c1ncc(-c2ccc(-c3ccc(-c4cnc([C@@H]5CCCN5C(=O)[C@@H](NC(=O)OC)C5CCCCC5)[nH]4)cc3)cc2)[nH]1)C1CCCCC1. The lowest BCUT2D eigenvalue weighted by atomic mass is 9.83. The topological polar surface area (TPSA) is 175 Å². The van der Waals surface area contributed by atoms with Gasteiger partial charge in [-0.15, -0.1) is 0 Å². The molecule has 0 unspecified atom stereocenters. The minimum Gasteiger partial charge on any atom is -0.453 e. The summed E-state index contributed by atoms with van der Waals surface area (Å²) >= 11 is 0. The van der Waals surface area contributed by atoms with Crippen LogP contribution in [-0.2, 0) is 19.1 Å². The molecule has 1 saturated heterocycles. The van der Waals surface area contributed by atoms with Gasteiger partial charge in [0, 0.05) is 13.1 Å². The molecule has 4 heterocycles. The van der Waals surface area contributed by atoms with Gasteiger partial charge in [0.2, 0.25) is 11.8 Å². The van der Waals surface area contributed by atoms with Crippen LogP contribution in [0.4, 0.5) is 9.59 Å². The Bertz CT molecular complexity index is 2150. The van der Waals surface area contributed by atoms with E-state index in [1.807, 2.05) is 23.2 Å². The second-order valence-electron chi connectivity index (χ2n) is 16.6. The van der Waals surface area contributed by atoms with Gasteiger partial charge in [-0.05, 0) is 72.6 Å². The van der Waals surface area contributed by atoms with Crippen LogP contribution in [0.3, 0.4) is 0 Å². The maximum atomic E-state index is 14.0. The van der Waals surface area contributed by atoms with Gasteiger partial charge in [-0.2, -0.15) is 0 Å². The van der Waals surface area contributed by atoms with Gasteiger partial charge in [-0.1, -0.05) is 99.2 Å². The molecule has 0 radical (unpaired) electrons. The molecule has 0 bridgehead atoms. The standard InChI is InChI=1S/C46H56N8O6/c1-59-45(57)51-39(33-11-5-3-6-12-33)43(55)53-25-9-15-37(53)41-47-27-35(49-41)31-21-17-29(18-22-31)30-19-23-32(24-20-30)36-28-48-42(50-36)38-16-10-26-54(38)44(56)40(52-46(58)60-2)34-13-7-4-8-14-34/h9,15,17-24,27-28,33-34,37-40H,3-8,10-14,16,25-26H2,1-2H3,(H,47,49)(H,48,50)(H,51,57)(H,52,58)/t37-,38-,39-,40-/m0/s1. The number of imidazole rings is 2. The number of likely N-dealkylation sites (tertiary alicyclic amines) is 1. The Morgan fingerprint density at radius 1 is 0.617 bits per heavy atom. The van der Waals surface area contributed by atoms with Gasteiger partial charge in [-0.25, -0.2) is 19.6 Å². The number of nitrogens with one attached hydrogen (secondary N) is 4. The molecule has 0 spiro atoms. The number of benzene rings is 2. The van der Waals surface area contributed by atoms with Crippen LogP contribution < -0.4 is 10.6 Å². The fourth-order valence-electron chi connectivity index (χ4n) is 9.70. The van der Waals surface area contributed by atoms with E-state index in [0.717, 1.165) is 117 Å². The lowest BCUT2D eigenvalue weighted by Crippen LogP contribution is -2.52. The Morgan fingerprint density at radius 3 is 1.60 bits per heavy atom. The van der Waals surface area contributed by atoms with Crippen LogP contribution in [0.1, 0.15) is 101 Å². The molecule has 2 aromatic heterocycles. The molecule has 8 rings (SSSR count). The smallest absolute Gasteiger partial charge is 0.407 e. The zero-order valence-electron chi connectivity index (χ0n) is 34.5. The Labute approximate surface area is 350 Å². The minimum absolute atomic E-state index is 0.0604.